The van der Waals surface area contributed by atoms with Crippen LogP contribution in [-0.2, 0) is 6.42 Å². The van der Waals surface area contributed by atoms with Gasteiger partial charge in [-0.15, -0.1) is 0 Å². The predicted octanol–water partition coefficient (Wildman–Crippen LogP) is 5.44. The number of aromatic nitrogens is 2. The number of nitrogens with one attached hydrogen (secondary N) is 3. The van der Waals surface area contributed by atoms with Gasteiger partial charge in [0, 0.05) is 39.2 Å². The number of fused-ring (bicyclic) bond motifs is 2. The summed E-state index contributed by atoms with van der Waals surface area (Å²) in [7, 11) is 0. The maximum Gasteiger partial charge on any atom is 0.255 e. The maximum absolute atomic E-state index is 13.6. The normalized spacial score (nSPS) is 12.1. The molecule has 0 spiro atoms. The summed E-state index contributed by atoms with van der Waals surface area (Å²) in [6.07, 6.45) is 2.58. The summed E-state index contributed by atoms with van der Waals surface area (Å²) in [5, 5.41) is 4.10. The van der Waals surface area contributed by atoms with E-state index in [0.717, 1.165) is 20.9 Å². The van der Waals surface area contributed by atoms with E-state index in [2.05, 4.69) is 31.2 Å². The van der Waals surface area contributed by atoms with Gasteiger partial charge in [-0.2, -0.15) is 0 Å². The molecule has 5 N–H and O–H groups in total. The Balaban J connectivity index is 1.34. The van der Waals surface area contributed by atoms with Crippen LogP contribution in [0.15, 0.2) is 77.4 Å². The number of ketones is 1. The average molecular weight is 571 g/mol. The second kappa shape index (κ2) is 9.75. The second-order valence-electron chi connectivity index (χ2n) is 8.93. The number of H-pyrrole nitrogens is 2. The number of ether oxygens (including phenoxy) is 2. The Morgan fingerprint density at radius 3 is 2.63 bits per heavy atom. The molecule has 9 heteroatoms. The summed E-state index contributed by atoms with van der Waals surface area (Å²) in [4.78, 5) is 33.3. The van der Waals surface area contributed by atoms with Crippen LogP contribution in [-0.4, -0.2) is 35.0 Å². The molecule has 0 atom stereocenters. The lowest BCUT2D eigenvalue weighted by Gasteiger charge is -2.10. The number of amides is 1. The van der Waals surface area contributed by atoms with E-state index in [0.29, 0.717) is 41.2 Å². The van der Waals surface area contributed by atoms with Gasteiger partial charge in [0.25, 0.3) is 5.91 Å². The molecule has 2 aromatic heterocycles. The van der Waals surface area contributed by atoms with Gasteiger partial charge in [-0.1, -0.05) is 40.2 Å². The molecule has 3 heterocycles. The second-order valence-corrected chi connectivity index (χ2v) is 9.85. The molecule has 0 radical (unpaired) electrons. The molecule has 6 rings (SSSR count). The fraction of sp³-hybridized carbons (Fsp3) is 0.103. The van der Waals surface area contributed by atoms with E-state index in [1.807, 2.05) is 30.5 Å². The first-order chi connectivity index (χ1) is 18.5. The van der Waals surface area contributed by atoms with E-state index < -0.39 is 0 Å². The van der Waals surface area contributed by atoms with Crippen molar-refractivity contribution in [2.45, 2.75) is 6.42 Å². The van der Waals surface area contributed by atoms with Crippen LogP contribution >= 0.6 is 15.9 Å². The number of benzene rings is 3. The summed E-state index contributed by atoms with van der Waals surface area (Å²) < 4.78 is 11.8. The first-order valence-corrected chi connectivity index (χ1v) is 12.8. The largest absolute Gasteiger partial charge is 0.454 e. The topological polar surface area (TPSA) is 122 Å². The fourth-order valence-corrected chi connectivity index (χ4v) is 5.01. The molecule has 0 unspecified atom stereocenters. The SMILES string of the molecule is Nc1[nH]c(C(=O)c2ccc(Br)cc2)c(-c2ccc3c(c2)OCO3)c1C(=O)NCCc1c[nH]c2ccccc12. The highest BCUT2D eigenvalue weighted by Gasteiger charge is 2.28. The monoisotopic (exact) mass is 570 g/mol. The van der Waals surface area contributed by atoms with Crippen LogP contribution in [0.4, 0.5) is 5.82 Å². The zero-order valence-electron chi connectivity index (χ0n) is 20.1. The molecule has 5 aromatic rings. The van der Waals surface area contributed by atoms with E-state index in [1.165, 1.54) is 0 Å². The van der Waals surface area contributed by atoms with Crippen LogP contribution in [0.3, 0.4) is 0 Å². The number of carbonyl (C=O) groups is 2. The molecule has 190 valence electrons. The third-order valence-corrected chi connectivity index (χ3v) is 7.13. The van der Waals surface area contributed by atoms with Crippen molar-refractivity contribution < 1.29 is 19.1 Å². The maximum atomic E-state index is 13.6. The molecular formula is C29H23BrN4O4. The number of nitrogens with two attached hydrogens (primary N) is 1. The molecule has 1 amide bonds. The van der Waals surface area contributed by atoms with Gasteiger partial charge < -0.3 is 30.5 Å². The van der Waals surface area contributed by atoms with Gasteiger partial charge in [0.15, 0.2) is 11.5 Å². The number of hydrogen-bond donors (Lipinski definition) is 4. The summed E-state index contributed by atoms with van der Waals surface area (Å²) in [5.41, 5.74) is 10.4. The third kappa shape index (κ3) is 4.31. The van der Waals surface area contributed by atoms with Crippen LogP contribution in [0.25, 0.3) is 22.0 Å². The smallest absolute Gasteiger partial charge is 0.255 e. The predicted molar refractivity (Wildman–Crippen MR) is 149 cm³/mol. The molecule has 0 saturated carbocycles. The van der Waals surface area contributed by atoms with Gasteiger partial charge in [0.1, 0.15) is 5.82 Å². The molecule has 1 aliphatic heterocycles. The molecule has 0 fully saturated rings. The molecule has 0 saturated heterocycles. The quantitative estimate of drug-likeness (QED) is 0.194. The molecule has 0 aliphatic carbocycles. The first-order valence-electron chi connectivity index (χ1n) is 12.0. The zero-order valence-corrected chi connectivity index (χ0v) is 21.7. The lowest BCUT2D eigenvalue weighted by atomic mass is 9.96. The van der Waals surface area contributed by atoms with Crippen LogP contribution in [0, 0.1) is 0 Å². The molecule has 0 bridgehead atoms. The van der Waals surface area contributed by atoms with Crippen molar-refractivity contribution in [3.05, 3.63) is 99.8 Å². The highest BCUT2D eigenvalue weighted by molar-refractivity contribution is 9.10. The van der Waals surface area contributed by atoms with E-state index in [1.54, 1.807) is 42.5 Å². The van der Waals surface area contributed by atoms with Gasteiger partial charge in [-0.05, 0) is 60.0 Å². The third-order valence-electron chi connectivity index (χ3n) is 6.61. The molecule has 8 nitrogen and oxygen atoms in total. The number of nitrogen functional groups attached to an aromatic ring is 1. The lowest BCUT2D eigenvalue weighted by molar-refractivity contribution is 0.0955. The minimum absolute atomic E-state index is 0.111. The van der Waals surface area contributed by atoms with Gasteiger partial charge in [0.05, 0.1) is 11.3 Å². The highest BCUT2D eigenvalue weighted by Crippen LogP contribution is 2.40. The van der Waals surface area contributed by atoms with Crippen LogP contribution in [0.5, 0.6) is 11.5 Å². The van der Waals surface area contributed by atoms with Crippen molar-refractivity contribution >= 4 is 44.3 Å². The number of anilines is 1. The number of hydrogen-bond acceptors (Lipinski definition) is 5. The number of aromatic amines is 2. The van der Waals surface area contributed by atoms with Gasteiger partial charge >= 0.3 is 0 Å². The number of rotatable bonds is 7. The van der Waals surface area contributed by atoms with Crippen LogP contribution in [0.2, 0.25) is 0 Å². The molecule has 1 aliphatic rings. The van der Waals surface area contributed by atoms with E-state index >= 15 is 0 Å². The van der Waals surface area contributed by atoms with Crippen molar-refractivity contribution in [1.82, 2.24) is 15.3 Å². The lowest BCUT2D eigenvalue weighted by Crippen LogP contribution is -2.26. The van der Waals surface area contributed by atoms with Gasteiger partial charge in [0.2, 0.25) is 12.6 Å². The first kappa shape index (κ1) is 23.9. The fourth-order valence-electron chi connectivity index (χ4n) is 4.75. The Hall–Kier alpha value is -4.50. The van der Waals surface area contributed by atoms with E-state index in [9.17, 15) is 9.59 Å². The summed E-state index contributed by atoms with van der Waals surface area (Å²) in [6, 6.07) is 20.3. The van der Waals surface area contributed by atoms with Gasteiger partial charge in [-0.25, -0.2) is 0 Å². The summed E-state index contributed by atoms with van der Waals surface area (Å²) in [6.45, 7) is 0.502. The Labute approximate surface area is 226 Å². The highest BCUT2D eigenvalue weighted by atomic mass is 79.9. The van der Waals surface area contributed by atoms with Crippen molar-refractivity contribution in [2.24, 2.45) is 0 Å². The summed E-state index contributed by atoms with van der Waals surface area (Å²) in [5.74, 6) is 0.594. The Bertz CT molecular complexity index is 1690. The van der Waals surface area contributed by atoms with Crippen LogP contribution in [0.1, 0.15) is 32.0 Å². The average Bonchev–Trinajstić information content (AvgIpc) is 3.65. The molecule has 3 aromatic carbocycles. The Morgan fingerprint density at radius 1 is 1.00 bits per heavy atom. The zero-order chi connectivity index (χ0) is 26.2. The number of halogens is 1. The van der Waals surface area contributed by atoms with Crippen molar-refractivity contribution in [1.29, 1.82) is 0 Å². The van der Waals surface area contributed by atoms with Crippen molar-refractivity contribution in [2.75, 3.05) is 19.1 Å². The molecular weight excluding hydrogens is 548 g/mol. The summed E-state index contributed by atoms with van der Waals surface area (Å²) >= 11 is 3.40. The minimum atomic E-state index is -0.374. The number of carbonyl (C=O) groups excluding carboxylic acids is 2. The van der Waals surface area contributed by atoms with E-state index in [4.69, 9.17) is 15.2 Å². The standard InChI is InChI=1S/C29H23BrN4O4/c30-19-8-5-16(6-9-19)27(35)26-24(17-7-10-22-23(13-17)38-15-37-22)25(28(31)34-26)29(36)32-12-11-18-14-33-21-4-2-1-3-20(18)21/h1-10,13-14,33-34H,11-12,15,31H2,(H,32,36). The molecule has 38 heavy (non-hydrogen) atoms. The van der Waals surface area contributed by atoms with Crippen LogP contribution < -0.4 is 20.5 Å². The minimum Gasteiger partial charge on any atom is -0.454 e. The Morgan fingerprint density at radius 2 is 1.79 bits per heavy atom. The van der Waals surface area contributed by atoms with E-state index in [-0.39, 0.29) is 35.6 Å². The Kier molecular flexibility index (Phi) is 6.13. The van der Waals surface area contributed by atoms with Crippen molar-refractivity contribution in [3.8, 4) is 22.6 Å². The van der Waals surface area contributed by atoms with Crippen molar-refractivity contribution in [3.63, 3.8) is 0 Å². The number of para-hydroxylation sites is 1. The van der Waals surface area contributed by atoms with Gasteiger partial charge in [-0.3, -0.25) is 9.59 Å².